The molecule has 86 valence electrons. The summed E-state index contributed by atoms with van der Waals surface area (Å²) < 4.78 is 29.1. The Bertz CT molecular complexity index is 378. The van der Waals surface area contributed by atoms with Crippen LogP contribution in [0.1, 0.15) is 19.3 Å². The van der Waals surface area contributed by atoms with Crippen LogP contribution in [0, 0.1) is 5.41 Å². The predicted octanol–water partition coefficient (Wildman–Crippen LogP) is 0.932. The highest BCUT2D eigenvalue weighted by Gasteiger charge is 2.52. The van der Waals surface area contributed by atoms with Crippen molar-refractivity contribution in [1.29, 1.82) is 0 Å². The van der Waals surface area contributed by atoms with E-state index in [0.29, 0.717) is 10.8 Å². The van der Waals surface area contributed by atoms with E-state index in [1.54, 1.807) is 0 Å². The molecule has 0 amide bonds. The van der Waals surface area contributed by atoms with Gasteiger partial charge in [-0.05, 0) is 12.8 Å². The molecule has 0 N–H and O–H groups in total. The molecule has 2 saturated heterocycles. The van der Waals surface area contributed by atoms with Crippen LogP contribution in [0.3, 0.4) is 0 Å². The van der Waals surface area contributed by atoms with Gasteiger partial charge in [0.15, 0.2) is 9.84 Å². The van der Waals surface area contributed by atoms with Crippen molar-refractivity contribution >= 4 is 38.4 Å². The minimum atomic E-state index is -2.98. The molecular weight excluding hydrogens is 331 g/mol. The Morgan fingerprint density at radius 2 is 2.27 bits per heavy atom. The Hall–Kier alpha value is 0.150. The van der Waals surface area contributed by atoms with Crippen LogP contribution in [0.25, 0.3) is 0 Å². The molecule has 2 unspecified atom stereocenters. The van der Waals surface area contributed by atoms with Gasteiger partial charge in [0, 0.05) is 9.84 Å². The molecule has 0 radical (unpaired) electrons. The molecule has 0 aromatic rings. The normalized spacial score (nSPS) is 39.3. The quantitative estimate of drug-likeness (QED) is 0.403. The van der Waals surface area contributed by atoms with E-state index in [0.717, 1.165) is 6.42 Å². The molecule has 2 fully saturated rings. The smallest absolute Gasteiger partial charge is 0.306 e. The third-order valence-electron chi connectivity index (χ3n) is 3.23. The molecule has 2 aliphatic rings. The number of hydrogen-bond donors (Lipinski definition) is 0. The summed E-state index contributed by atoms with van der Waals surface area (Å²) in [5.74, 6) is 0.143. The van der Waals surface area contributed by atoms with Gasteiger partial charge in [-0.3, -0.25) is 4.79 Å². The second kappa shape index (κ2) is 3.87. The second-order valence-electron chi connectivity index (χ2n) is 4.37. The SMILES string of the molecule is O=C1CC2(CCCS(=O)(=O)C2)C(CI)O1. The van der Waals surface area contributed by atoms with Crippen LogP contribution in [0.15, 0.2) is 0 Å². The number of sulfone groups is 1. The first-order valence-corrected chi connectivity index (χ1v) is 8.28. The highest BCUT2D eigenvalue weighted by Crippen LogP contribution is 2.44. The van der Waals surface area contributed by atoms with E-state index in [-0.39, 0.29) is 30.0 Å². The highest BCUT2D eigenvalue weighted by molar-refractivity contribution is 14.1. The molecule has 2 heterocycles. The molecule has 2 aliphatic heterocycles. The minimum Gasteiger partial charge on any atom is -0.461 e. The molecule has 2 atom stereocenters. The average Bonchev–Trinajstić information content (AvgIpc) is 2.39. The Morgan fingerprint density at radius 3 is 2.87 bits per heavy atom. The summed E-state index contributed by atoms with van der Waals surface area (Å²) in [7, 11) is -2.98. The van der Waals surface area contributed by atoms with Crippen LogP contribution < -0.4 is 0 Å². The van der Waals surface area contributed by atoms with Gasteiger partial charge in [-0.15, -0.1) is 0 Å². The van der Waals surface area contributed by atoms with Crippen LogP contribution in [0.5, 0.6) is 0 Å². The van der Waals surface area contributed by atoms with E-state index in [4.69, 9.17) is 4.74 Å². The maximum Gasteiger partial charge on any atom is 0.306 e. The number of ether oxygens (including phenoxy) is 1. The number of esters is 1. The predicted molar refractivity (Wildman–Crippen MR) is 63.7 cm³/mol. The van der Waals surface area contributed by atoms with Gasteiger partial charge in [0.25, 0.3) is 0 Å². The summed E-state index contributed by atoms with van der Waals surface area (Å²) in [6.45, 7) is 0. The Morgan fingerprint density at radius 1 is 1.53 bits per heavy atom. The number of halogens is 1. The van der Waals surface area contributed by atoms with Crippen molar-refractivity contribution in [1.82, 2.24) is 0 Å². The lowest BCUT2D eigenvalue weighted by Crippen LogP contribution is -2.43. The van der Waals surface area contributed by atoms with E-state index in [1.807, 2.05) is 0 Å². The first-order valence-electron chi connectivity index (χ1n) is 4.93. The lowest BCUT2D eigenvalue weighted by Gasteiger charge is -2.34. The fourth-order valence-corrected chi connectivity index (χ4v) is 5.69. The fourth-order valence-electron chi connectivity index (χ4n) is 2.54. The zero-order valence-electron chi connectivity index (χ0n) is 8.24. The van der Waals surface area contributed by atoms with Crippen LogP contribution in [-0.4, -0.2) is 36.4 Å². The third-order valence-corrected chi connectivity index (χ3v) is 5.96. The molecular formula is C9H13IO4S. The Balaban J connectivity index is 2.28. The van der Waals surface area contributed by atoms with E-state index in [1.165, 1.54) is 0 Å². The molecule has 4 nitrogen and oxygen atoms in total. The van der Waals surface area contributed by atoms with Crippen molar-refractivity contribution < 1.29 is 17.9 Å². The molecule has 1 spiro atoms. The van der Waals surface area contributed by atoms with Crippen LogP contribution in [0.2, 0.25) is 0 Å². The molecule has 0 bridgehead atoms. The maximum atomic E-state index is 11.6. The lowest BCUT2D eigenvalue weighted by molar-refractivity contribution is -0.140. The van der Waals surface area contributed by atoms with Crippen molar-refractivity contribution in [2.75, 3.05) is 15.9 Å². The van der Waals surface area contributed by atoms with Gasteiger partial charge >= 0.3 is 5.97 Å². The van der Waals surface area contributed by atoms with Gasteiger partial charge < -0.3 is 4.74 Å². The minimum absolute atomic E-state index is 0.124. The molecule has 0 saturated carbocycles. The zero-order chi connectivity index (χ0) is 11.1. The summed E-state index contributed by atoms with van der Waals surface area (Å²) in [4.78, 5) is 11.3. The zero-order valence-corrected chi connectivity index (χ0v) is 11.2. The molecule has 0 aromatic heterocycles. The fraction of sp³-hybridized carbons (Fsp3) is 0.889. The topological polar surface area (TPSA) is 60.4 Å². The van der Waals surface area contributed by atoms with Crippen molar-refractivity contribution in [3.8, 4) is 0 Å². The van der Waals surface area contributed by atoms with Crippen molar-refractivity contribution in [2.45, 2.75) is 25.4 Å². The number of hydrogen-bond acceptors (Lipinski definition) is 4. The average molecular weight is 344 g/mol. The van der Waals surface area contributed by atoms with Crippen LogP contribution in [-0.2, 0) is 19.4 Å². The van der Waals surface area contributed by atoms with E-state index in [9.17, 15) is 13.2 Å². The van der Waals surface area contributed by atoms with E-state index >= 15 is 0 Å². The van der Waals surface area contributed by atoms with Gasteiger partial charge in [0.1, 0.15) is 6.10 Å². The molecule has 0 aromatic carbocycles. The van der Waals surface area contributed by atoms with Crippen molar-refractivity contribution in [3.63, 3.8) is 0 Å². The first-order chi connectivity index (χ1) is 6.97. The summed E-state index contributed by atoms with van der Waals surface area (Å²) in [6, 6.07) is 0. The van der Waals surface area contributed by atoms with Crippen molar-refractivity contribution in [3.05, 3.63) is 0 Å². The van der Waals surface area contributed by atoms with Gasteiger partial charge in [0.2, 0.25) is 0 Å². The third kappa shape index (κ3) is 2.15. The van der Waals surface area contributed by atoms with Gasteiger partial charge in [0.05, 0.1) is 17.9 Å². The monoisotopic (exact) mass is 344 g/mol. The lowest BCUT2D eigenvalue weighted by atomic mass is 9.79. The summed E-state index contributed by atoms with van der Waals surface area (Å²) in [5.41, 5.74) is -0.421. The van der Waals surface area contributed by atoms with E-state index < -0.39 is 15.3 Å². The summed E-state index contributed by atoms with van der Waals surface area (Å²) in [5, 5.41) is 0. The number of carbonyl (C=O) groups is 1. The van der Waals surface area contributed by atoms with Gasteiger partial charge in [-0.2, -0.15) is 0 Å². The largest absolute Gasteiger partial charge is 0.461 e. The standard InChI is InChI=1S/C9H13IO4S/c10-5-7-9(4-8(11)14-7)2-1-3-15(12,13)6-9/h7H,1-6H2. The van der Waals surface area contributed by atoms with Crippen LogP contribution in [0.4, 0.5) is 0 Å². The second-order valence-corrected chi connectivity index (χ2v) is 7.43. The number of alkyl halides is 1. The Labute approximate surface area is 103 Å². The van der Waals surface area contributed by atoms with Gasteiger partial charge in [-0.25, -0.2) is 8.42 Å². The molecule has 6 heteroatoms. The summed E-state index contributed by atoms with van der Waals surface area (Å²) in [6.07, 6.45) is 1.53. The number of cyclic esters (lactones) is 1. The number of rotatable bonds is 1. The molecule has 0 aliphatic carbocycles. The molecule has 2 rings (SSSR count). The van der Waals surface area contributed by atoms with E-state index in [2.05, 4.69) is 22.6 Å². The molecule has 15 heavy (non-hydrogen) atoms. The first kappa shape index (κ1) is 11.6. The highest BCUT2D eigenvalue weighted by atomic mass is 127. The van der Waals surface area contributed by atoms with Crippen LogP contribution >= 0.6 is 22.6 Å². The maximum absolute atomic E-state index is 11.6. The summed E-state index contributed by atoms with van der Waals surface area (Å²) >= 11 is 2.15. The number of carbonyl (C=O) groups excluding carboxylic acids is 1. The Kier molecular flexibility index (Phi) is 3.00. The van der Waals surface area contributed by atoms with Gasteiger partial charge in [-0.1, -0.05) is 22.6 Å². The van der Waals surface area contributed by atoms with Crippen molar-refractivity contribution in [2.24, 2.45) is 5.41 Å².